The summed E-state index contributed by atoms with van der Waals surface area (Å²) in [5.74, 6) is 1.48. The van der Waals surface area contributed by atoms with Crippen molar-refractivity contribution in [3.05, 3.63) is 59.7 Å². The van der Waals surface area contributed by atoms with Gasteiger partial charge >= 0.3 is 0 Å². The molecule has 1 saturated heterocycles. The van der Waals surface area contributed by atoms with Crippen molar-refractivity contribution in [2.24, 2.45) is 0 Å². The molecule has 0 radical (unpaired) electrons. The van der Waals surface area contributed by atoms with Crippen molar-refractivity contribution >= 4 is 5.69 Å². The van der Waals surface area contributed by atoms with Crippen molar-refractivity contribution in [2.75, 3.05) is 18.5 Å². The first-order valence-corrected chi connectivity index (χ1v) is 8.88. The molecule has 2 aromatic carbocycles. The number of benzene rings is 2. The van der Waals surface area contributed by atoms with Gasteiger partial charge in [-0.25, -0.2) is 0 Å². The Morgan fingerprint density at radius 1 is 1.08 bits per heavy atom. The zero-order valence-electron chi connectivity index (χ0n) is 14.6. The van der Waals surface area contributed by atoms with E-state index in [4.69, 9.17) is 9.47 Å². The lowest BCUT2D eigenvalue weighted by molar-refractivity contribution is 0.0679. The first-order valence-electron chi connectivity index (χ1n) is 8.88. The molecule has 2 aromatic rings. The molecule has 1 aliphatic rings. The lowest BCUT2D eigenvalue weighted by Gasteiger charge is -2.12. The molecule has 0 aliphatic carbocycles. The molecule has 1 N–H and O–H groups in total. The molecule has 0 amide bonds. The van der Waals surface area contributed by atoms with Crippen LogP contribution in [0.15, 0.2) is 48.5 Å². The third kappa shape index (κ3) is 4.75. The van der Waals surface area contributed by atoms with Crippen molar-refractivity contribution in [1.29, 1.82) is 0 Å². The van der Waals surface area contributed by atoms with Gasteiger partial charge in [-0.3, -0.25) is 0 Å². The number of anilines is 1. The van der Waals surface area contributed by atoms with Crippen LogP contribution < -0.4 is 10.1 Å². The van der Waals surface area contributed by atoms with Crippen molar-refractivity contribution in [2.45, 2.75) is 45.3 Å². The molecule has 24 heavy (non-hydrogen) atoms. The standard InChI is InChI=1S/C21H27NO2/c1-16(2)18-7-5-17(6-8-18)14-22-19-9-11-20(12-10-19)24-15-21-4-3-13-23-21/h5-12,16,21-22H,3-4,13-15H2,1-2H3. The van der Waals surface area contributed by atoms with E-state index in [1.54, 1.807) is 0 Å². The van der Waals surface area contributed by atoms with Crippen molar-refractivity contribution in [1.82, 2.24) is 0 Å². The van der Waals surface area contributed by atoms with Gasteiger partial charge in [0.25, 0.3) is 0 Å². The van der Waals surface area contributed by atoms with Gasteiger partial charge in [0.2, 0.25) is 0 Å². The number of rotatable bonds is 7. The minimum absolute atomic E-state index is 0.261. The Balaban J connectivity index is 1.46. The molecule has 3 nitrogen and oxygen atoms in total. The van der Waals surface area contributed by atoms with Crippen LogP contribution in [0.5, 0.6) is 5.75 Å². The Bertz CT molecular complexity index is 613. The van der Waals surface area contributed by atoms with Crippen LogP contribution in [0.1, 0.15) is 43.7 Å². The first kappa shape index (κ1) is 16.8. The van der Waals surface area contributed by atoms with Crippen molar-refractivity contribution in [3.8, 4) is 5.75 Å². The van der Waals surface area contributed by atoms with Gasteiger partial charge < -0.3 is 14.8 Å². The molecule has 1 fully saturated rings. The normalized spacial score (nSPS) is 17.2. The maximum Gasteiger partial charge on any atom is 0.119 e. The first-order chi connectivity index (χ1) is 11.7. The minimum Gasteiger partial charge on any atom is -0.491 e. The number of hydrogen-bond acceptors (Lipinski definition) is 3. The summed E-state index contributed by atoms with van der Waals surface area (Å²) in [5, 5.41) is 3.45. The van der Waals surface area contributed by atoms with E-state index in [1.165, 1.54) is 11.1 Å². The maximum atomic E-state index is 5.79. The van der Waals surface area contributed by atoms with Gasteiger partial charge in [-0.2, -0.15) is 0 Å². The van der Waals surface area contributed by atoms with Gasteiger partial charge in [-0.1, -0.05) is 38.1 Å². The van der Waals surface area contributed by atoms with Gasteiger partial charge in [0.1, 0.15) is 12.4 Å². The lowest BCUT2D eigenvalue weighted by Crippen LogP contribution is -2.16. The highest BCUT2D eigenvalue weighted by molar-refractivity contribution is 5.46. The summed E-state index contributed by atoms with van der Waals surface area (Å²) in [4.78, 5) is 0. The van der Waals surface area contributed by atoms with Crippen LogP contribution in [0.3, 0.4) is 0 Å². The quantitative estimate of drug-likeness (QED) is 0.779. The summed E-state index contributed by atoms with van der Waals surface area (Å²) in [7, 11) is 0. The third-order valence-corrected chi connectivity index (χ3v) is 4.46. The maximum absolute atomic E-state index is 5.79. The van der Waals surface area contributed by atoms with Crippen molar-refractivity contribution in [3.63, 3.8) is 0 Å². The SMILES string of the molecule is CC(C)c1ccc(CNc2ccc(OCC3CCCO3)cc2)cc1. The fourth-order valence-electron chi connectivity index (χ4n) is 2.86. The van der Waals surface area contributed by atoms with E-state index in [2.05, 4.69) is 55.6 Å². The van der Waals surface area contributed by atoms with E-state index >= 15 is 0 Å². The molecule has 0 bridgehead atoms. The second-order valence-electron chi connectivity index (χ2n) is 6.72. The van der Waals surface area contributed by atoms with Gasteiger partial charge in [0, 0.05) is 18.8 Å². The molecule has 1 aliphatic heterocycles. The summed E-state index contributed by atoms with van der Waals surface area (Å²) in [6.45, 7) is 6.78. The van der Waals surface area contributed by atoms with Crippen LogP contribution in [0.2, 0.25) is 0 Å². The molecular weight excluding hydrogens is 298 g/mol. The van der Waals surface area contributed by atoms with Gasteiger partial charge in [-0.05, 0) is 54.2 Å². The van der Waals surface area contributed by atoms with Crippen LogP contribution in [0.25, 0.3) is 0 Å². The van der Waals surface area contributed by atoms with Crippen LogP contribution in [0.4, 0.5) is 5.69 Å². The zero-order chi connectivity index (χ0) is 16.8. The second kappa shape index (κ2) is 8.20. The zero-order valence-corrected chi connectivity index (χ0v) is 14.6. The fourth-order valence-corrected chi connectivity index (χ4v) is 2.86. The van der Waals surface area contributed by atoms with Crippen LogP contribution in [-0.2, 0) is 11.3 Å². The summed E-state index contributed by atoms with van der Waals surface area (Å²) in [6.07, 6.45) is 2.51. The van der Waals surface area contributed by atoms with Crippen LogP contribution in [-0.4, -0.2) is 19.3 Å². The smallest absolute Gasteiger partial charge is 0.119 e. The molecular formula is C21H27NO2. The van der Waals surface area contributed by atoms with Gasteiger partial charge in [-0.15, -0.1) is 0 Å². The van der Waals surface area contributed by atoms with E-state index in [-0.39, 0.29) is 6.10 Å². The summed E-state index contributed by atoms with van der Waals surface area (Å²) < 4.78 is 11.4. The van der Waals surface area contributed by atoms with Crippen molar-refractivity contribution < 1.29 is 9.47 Å². The summed E-state index contributed by atoms with van der Waals surface area (Å²) >= 11 is 0. The Kier molecular flexibility index (Phi) is 5.76. The molecule has 0 spiro atoms. The Morgan fingerprint density at radius 2 is 1.83 bits per heavy atom. The number of ether oxygens (including phenoxy) is 2. The third-order valence-electron chi connectivity index (χ3n) is 4.46. The highest BCUT2D eigenvalue weighted by atomic mass is 16.5. The monoisotopic (exact) mass is 325 g/mol. The molecule has 0 aromatic heterocycles. The van der Waals surface area contributed by atoms with E-state index in [0.717, 1.165) is 37.4 Å². The van der Waals surface area contributed by atoms with Crippen LogP contribution in [0, 0.1) is 0 Å². The second-order valence-corrected chi connectivity index (χ2v) is 6.72. The summed E-state index contributed by atoms with van der Waals surface area (Å²) in [5.41, 5.74) is 3.78. The molecule has 0 saturated carbocycles. The van der Waals surface area contributed by atoms with E-state index in [1.807, 2.05) is 12.1 Å². The van der Waals surface area contributed by atoms with Gasteiger partial charge in [0.15, 0.2) is 0 Å². The number of nitrogens with one attached hydrogen (secondary N) is 1. The molecule has 1 heterocycles. The molecule has 3 rings (SSSR count). The molecule has 1 atom stereocenters. The largest absolute Gasteiger partial charge is 0.491 e. The topological polar surface area (TPSA) is 30.5 Å². The van der Waals surface area contributed by atoms with Crippen LogP contribution >= 0.6 is 0 Å². The van der Waals surface area contributed by atoms with E-state index in [0.29, 0.717) is 12.5 Å². The predicted molar refractivity (Wildman–Crippen MR) is 98.8 cm³/mol. The minimum atomic E-state index is 0.261. The fraction of sp³-hybridized carbons (Fsp3) is 0.429. The molecule has 3 heteroatoms. The van der Waals surface area contributed by atoms with E-state index < -0.39 is 0 Å². The average Bonchev–Trinajstić information content (AvgIpc) is 3.13. The lowest BCUT2D eigenvalue weighted by atomic mass is 10.0. The predicted octanol–water partition coefficient (Wildman–Crippen LogP) is 4.98. The van der Waals surface area contributed by atoms with Gasteiger partial charge in [0.05, 0.1) is 6.10 Å². The summed E-state index contributed by atoms with van der Waals surface area (Å²) in [6, 6.07) is 17.0. The molecule has 128 valence electrons. The Morgan fingerprint density at radius 3 is 2.46 bits per heavy atom. The Labute approximate surface area is 145 Å². The highest BCUT2D eigenvalue weighted by Gasteiger charge is 2.15. The number of hydrogen-bond donors (Lipinski definition) is 1. The Hall–Kier alpha value is -2.00. The highest BCUT2D eigenvalue weighted by Crippen LogP contribution is 2.19. The molecule has 1 unspecified atom stereocenters. The van der Waals surface area contributed by atoms with E-state index in [9.17, 15) is 0 Å². The average molecular weight is 325 g/mol.